The van der Waals surface area contributed by atoms with Crippen LogP contribution < -0.4 is 10.2 Å². The van der Waals surface area contributed by atoms with E-state index in [9.17, 15) is 0 Å². The Balaban J connectivity index is 1.87. The molecule has 1 N–H and O–H groups in total. The van der Waals surface area contributed by atoms with Gasteiger partial charge >= 0.3 is 0 Å². The van der Waals surface area contributed by atoms with Gasteiger partial charge in [-0.1, -0.05) is 0 Å². The predicted molar refractivity (Wildman–Crippen MR) is 74.7 cm³/mol. The molecule has 5 nitrogen and oxygen atoms in total. The van der Waals surface area contributed by atoms with Crippen LogP contribution in [0.1, 0.15) is 24.1 Å². The molecule has 0 radical (unpaired) electrons. The quantitative estimate of drug-likeness (QED) is 0.828. The van der Waals surface area contributed by atoms with Gasteiger partial charge in [-0.15, -0.1) is 0 Å². The number of aryl methyl sites for hydroxylation is 2. The van der Waals surface area contributed by atoms with Gasteiger partial charge in [-0.2, -0.15) is 5.10 Å². The number of piperazine rings is 1. The number of fused-ring (bicyclic) bond motifs is 3. The van der Waals surface area contributed by atoms with E-state index in [1.165, 1.54) is 29.6 Å². The lowest BCUT2D eigenvalue weighted by Gasteiger charge is -2.29. The summed E-state index contributed by atoms with van der Waals surface area (Å²) in [6.07, 6.45) is 8.70. The van der Waals surface area contributed by atoms with Gasteiger partial charge in [0.05, 0.1) is 5.69 Å². The predicted octanol–water partition coefficient (Wildman–Crippen LogP) is 1.02. The summed E-state index contributed by atoms with van der Waals surface area (Å²) in [7, 11) is 0. The summed E-state index contributed by atoms with van der Waals surface area (Å²) in [5.41, 5.74) is 3.97. The van der Waals surface area contributed by atoms with Crippen LogP contribution in [-0.4, -0.2) is 40.8 Å². The Hall–Kier alpha value is -1.62. The van der Waals surface area contributed by atoms with Crippen molar-refractivity contribution in [2.45, 2.75) is 25.7 Å². The molecule has 4 rings (SSSR count). The molecular weight excluding hydrogens is 238 g/mol. The van der Waals surface area contributed by atoms with Crippen molar-refractivity contribution in [3.05, 3.63) is 23.7 Å². The highest BCUT2D eigenvalue weighted by atomic mass is 15.3. The van der Waals surface area contributed by atoms with E-state index in [0.29, 0.717) is 0 Å². The van der Waals surface area contributed by atoms with Gasteiger partial charge in [0.25, 0.3) is 0 Å². The molecule has 0 unspecified atom stereocenters. The summed E-state index contributed by atoms with van der Waals surface area (Å²) in [6, 6.07) is 0. The highest BCUT2D eigenvalue weighted by Gasteiger charge is 2.22. The summed E-state index contributed by atoms with van der Waals surface area (Å²) in [6.45, 7) is 4.15. The molecule has 0 saturated carbocycles. The van der Waals surface area contributed by atoms with E-state index in [-0.39, 0.29) is 0 Å². The molecular formula is C14H19N5. The summed E-state index contributed by atoms with van der Waals surface area (Å²) < 4.78 is 2.04. The number of rotatable bonds is 1. The number of hydrogen-bond donors (Lipinski definition) is 1. The minimum Gasteiger partial charge on any atom is -0.352 e. The van der Waals surface area contributed by atoms with E-state index in [1.54, 1.807) is 0 Å². The molecule has 0 bridgehead atoms. The molecule has 0 aromatic carbocycles. The first-order valence-corrected chi connectivity index (χ1v) is 7.24. The monoisotopic (exact) mass is 257 g/mol. The Labute approximate surface area is 112 Å². The Morgan fingerprint density at radius 3 is 2.84 bits per heavy atom. The fraction of sp³-hybridized carbons (Fsp3) is 0.571. The molecule has 2 aromatic rings. The Morgan fingerprint density at radius 2 is 1.95 bits per heavy atom. The summed E-state index contributed by atoms with van der Waals surface area (Å²) in [5.74, 6) is 1.12. The minimum absolute atomic E-state index is 1.03. The Kier molecular flexibility index (Phi) is 2.65. The van der Waals surface area contributed by atoms with Gasteiger partial charge in [0.2, 0.25) is 0 Å². The van der Waals surface area contributed by atoms with Crippen LogP contribution in [0.5, 0.6) is 0 Å². The maximum absolute atomic E-state index is 4.74. The van der Waals surface area contributed by atoms with Gasteiger partial charge in [0, 0.05) is 44.1 Å². The first-order valence-electron chi connectivity index (χ1n) is 7.24. The van der Waals surface area contributed by atoms with E-state index in [2.05, 4.69) is 15.2 Å². The van der Waals surface area contributed by atoms with E-state index < -0.39 is 0 Å². The van der Waals surface area contributed by atoms with Gasteiger partial charge in [-0.25, -0.2) is 9.50 Å². The smallest absolute Gasteiger partial charge is 0.155 e. The standard InChI is InChI=1S/C14H19N5/c1-2-4-12-11(3-1)13-14(16-7-10-19(13)17-12)18-8-5-15-6-9-18/h7,10,15H,1-6,8-9H2. The fourth-order valence-electron chi connectivity index (χ4n) is 3.25. The minimum atomic E-state index is 1.03. The van der Waals surface area contributed by atoms with Gasteiger partial charge in [-0.3, -0.25) is 0 Å². The van der Waals surface area contributed by atoms with Crippen LogP contribution in [0.2, 0.25) is 0 Å². The van der Waals surface area contributed by atoms with Crippen LogP contribution in [0, 0.1) is 0 Å². The van der Waals surface area contributed by atoms with Crippen LogP contribution in [-0.2, 0) is 12.8 Å². The topological polar surface area (TPSA) is 45.5 Å². The fourth-order valence-corrected chi connectivity index (χ4v) is 3.25. The van der Waals surface area contributed by atoms with Crippen molar-refractivity contribution < 1.29 is 0 Å². The maximum Gasteiger partial charge on any atom is 0.155 e. The molecule has 5 heteroatoms. The third kappa shape index (κ3) is 1.80. The van der Waals surface area contributed by atoms with Gasteiger partial charge in [0.15, 0.2) is 5.82 Å². The average molecular weight is 257 g/mol. The average Bonchev–Trinajstić information content (AvgIpc) is 2.86. The molecule has 0 spiro atoms. The number of aromatic nitrogens is 3. The van der Waals surface area contributed by atoms with E-state index >= 15 is 0 Å². The largest absolute Gasteiger partial charge is 0.352 e. The number of nitrogens with zero attached hydrogens (tertiary/aromatic N) is 4. The van der Waals surface area contributed by atoms with Crippen LogP contribution in [0.4, 0.5) is 5.82 Å². The van der Waals surface area contributed by atoms with Crippen LogP contribution in [0.15, 0.2) is 12.4 Å². The van der Waals surface area contributed by atoms with Crippen LogP contribution >= 0.6 is 0 Å². The molecule has 19 heavy (non-hydrogen) atoms. The molecule has 1 aliphatic heterocycles. The lowest BCUT2D eigenvalue weighted by Crippen LogP contribution is -2.44. The Bertz CT molecular complexity index is 597. The summed E-state index contributed by atoms with van der Waals surface area (Å²) in [4.78, 5) is 7.04. The summed E-state index contributed by atoms with van der Waals surface area (Å²) in [5, 5.41) is 8.14. The zero-order valence-corrected chi connectivity index (χ0v) is 11.1. The number of hydrogen-bond acceptors (Lipinski definition) is 4. The first kappa shape index (κ1) is 11.2. The van der Waals surface area contributed by atoms with Crippen molar-refractivity contribution in [3.63, 3.8) is 0 Å². The van der Waals surface area contributed by atoms with Crippen molar-refractivity contribution in [1.29, 1.82) is 0 Å². The molecule has 3 heterocycles. The number of nitrogens with one attached hydrogen (secondary N) is 1. The lowest BCUT2D eigenvalue weighted by atomic mass is 9.97. The molecule has 2 aliphatic rings. The van der Waals surface area contributed by atoms with Crippen molar-refractivity contribution >= 4 is 11.3 Å². The van der Waals surface area contributed by atoms with Crippen molar-refractivity contribution in [3.8, 4) is 0 Å². The van der Waals surface area contributed by atoms with E-state index in [0.717, 1.165) is 44.8 Å². The van der Waals surface area contributed by atoms with Crippen molar-refractivity contribution in [2.24, 2.45) is 0 Å². The van der Waals surface area contributed by atoms with Gasteiger partial charge in [0.1, 0.15) is 5.52 Å². The highest BCUT2D eigenvalue weighted by Crippen LogP contribution is 2.30. The number of anilines is 1. The van der Waals surface area contributed by atoms with Gasteiger partial charge in [-0.05, 0) is 25.7 Å². The third-order valence-corrected chi connectivity index (χ3v) is 4.22. The second-order valence-corrected chi connectivity index (χ2v) is 5.41. The SMILES string of the molecule is c1cn2nc3c(c2c(N2CCNCC2)n1)CCCC3. The summed E-state index contributed by atoms with van der Waals surface area (Å²) >= 11 is 0. The third-order valence-electron chi connectivity index (χ3n) is 4.22. The molecule has 100 valence electrons. The van der Waals surface area contributed by atoms with Crippen LogP contribution in [0.3, 0.4) is 0 Å². The molecule has 0 atom stereocenters. The molecule has 1 aliphatic carbocycles. The second kappa shape index (κ2) is 4.49. The highest BCUT2D eigenvalue weighted by molar-refractivity contribution is 5.74. The van der Waals surface area contributed by atoms with E-state index in [4.69, 9.17) is 5.10 Å². The first-order chi connectivity index (χ1) is 9.43. The zero-order chi connectivity index (χ0) is 12.7. The second-order valence-electron chi connectivity index (χ2n) is 5.41. The van der Waals surface area contributed by atoms with Crippen molar-refractivity contribution in [1.82, 2.24) is 19.9 Å². The van der Waals surface area contributed by atoms with E-state index in [1.807, 2.05) is 16.9 Å². The maximum atomic E-state index is 4.74. The van der Waals surface area contributed by atoms with Gasteiger partial charge < -0.3 is 10.2 Å². The zero-order valence-electron chi connectivity index (χ0n) is 11.1. The normalized spacial score (nSPS) is 19.7. The molecule has 2 aromatic heterocycles. The molecule has 0 amide bonds. The Morgan fingerprint density at radius 1 is 1.11 bits per heavy atom. The molecule has 1 saturated heterocycles. The lowest BCUT2D eigenvalue weighted by molar-refractivity contribution is 0.585. The van der Waals surface area contributed by atoms with Crippen LogP contribution in [0.25, 0.3) is 5.52 Å². The van der Waals surface area contributed by atoms with Crippen molar-refractivity contribution in [2.75, 3.05) is 31.1 Å². The molecule has 1 fully saturated rings.